The van der Waals surface area contributed by atoms with Crippen molar-refractivity contribution < 1.29 is 57.7 Å². The average molecular weight is 1090 g/mol. The van der Waals surface area contributed by atoms with Crippen LogP contribution in [0.1, 0.15) is 131 Å². The van der Waals surface area contributed by atoms with E-state index in [2.05, 4.69) is 21.3 Å². The molecule has 20 heteroatoms. The van der Waals surface area contributed by atoms with Crippen LogP contribution >= 0.6 is 0 Å². The highest BCUT2D eigenvalue weighted by Crippen LogP contribution is 2.32. The first-order chi connectivity index (χ1) is 36.9. The van der Waals surface area contributed by atoms with Gasteiger partial charge in [0, 0.05) is 65.5 Å². The van der Waals surface area contributed by atoms with Crippen molar-refractivity contribution in [1.82, 2.24) is 36.0 Å². The van der Waals surface area contributed by atoms with Gasteiger partial charge in [-0.25, -0.2) is 9.59 Å². The van der Waals surface area contributed by atoms with E-state index in [1.54, 1.807) is 55.1 Å². The second kappa shape index (κ2) is 33.0. The van der Waals surface area contributed by atoms with E-state index in [-0.39, 0.29) is 92.7 Å². The fraction of sp³-hybridized carbons (Fsp3) is 0.638. The Morgan fingerprint density at radius 2 is 1.38 bits per heavy atom. The van der Waals surface area contributed by atoms with Crippen LogP contribution in [0.3, 0.4) is 0 Å². The largest absolute Gasteiger partial charge is 0.480 e. The first-order valence-corrected chi connectivity index (χ1v) is 27.7. The van der Waals surface area contributed by atoms with Crippen LogP contribution in [0.4, 0.5) is 4.79 Å². The standard InChI is InChI=1S/C58H90N8O12/c1-12-38(6)52(46(77-11)34-49(69)66-32-22-27-45(66)39(7)40(8)53(70)61-44(57(74)75)33-41-23-16-13-17-24-41)65(10)56(73)50(36(2)3)63-55(72)51(37(4)5)64(9)48(68)28-20-15-21-31-60-54(71)43(29-30-47(59)67)62-58(76)78-35-42-25-18-14-19-26-42/h13-14,16-19,23-26,36-40,43-46,50-52H,12,15,20-22,27-35H2,1-11H3,(H2,59,67)(H,60,71)(H,61,70)(H,62,76)(H,63,72)(H,74,75)/t38-,39+,40+,43?,44-,45-,46+,50-,51-,52-/m0/s1. The molecule has 0 bridgehead atoms. The molecule has 10 atom stereocenters. The summed E-state index contributed by atoms with van der Waals surface area (Å²) in [5.74, 6) is -5.74. The summed E-state index contributed by atoms with van der Waals surface area (Å²) in [5, 5.41) is 20.9. The normalized spacial score (nSPS) is 16.8. The highest BCUT2D eigenvalue weighted by Gasteiger charge is 2.42. The van der Waals surface area contributed by atoms with Crippen molar-refractivity contribution in [3.05, 3.63) is 71.8 Å². The monoisotopic (exact) mass is 1090 g/mol. The van der Waals surface area contributed by atoms with E-state index in [1.165, 1.54) is 12.0 Å². The minimum absolute atomic E-state index is 0.00382. The number of carbonyl (C=O) groups is 9. The first-order valence-electron chi connectivity index (χ1n) is 27.7. The number of likely N-dealkylation sites (N-methyl/N-ethyl adjacent to an activating group) is 2. The molecule has 7 N–H and O–H groups in total. The molecule has 1 unspecified atom stereocenters. The molecule has 2 aromatic rings. The number of carbonyl (C=O) groups excluding carboxylic acids is 8. The number of alkyl carbamates (subject to hydrolysis) is 1. The maximum atomic E-state index is 14.7. The maximum Gasteiger partial charge on any atom is 0.408 e. The van der Waals surface area contributed by atoms with Crippen LogP contribution in [0.5, 0.6) is 0 Å². The Hall–Kier alpha value is -6.57. The van der Waals surface area contributed by atoms with Crippen LogP contribution in [-0.2, 0) is 60.9 Å². The summed E-state index contributed by atoms with van der Waals surface area (Å²) in [4.78, 5) is 124. The van der Waals surface area contributed by atoms with Gasteiger partial charge in [-0.05, 0) is 66.9 Å². The second-order valence-corrected chi connectivity index (χ2v) is 21.6. The van der Waals surface area contributed by atoms with Gasteiger partial charge in [0.15, 0.2) is 0 Å². The number of amides is 8. The van der Waals surface area contributed by atoms with E-state index in [0.717, 1.165) is 17.5 Å². The Morgan fingerprint density at radius 1 is 0.756 bits per heavy atom. The van der Waals surface area contributed by atoms with E-state index in [0.29, 0.717) is 38.6 Å². The molecule has 0 saturated carbocycles. The smallest absolute Gasteiger partial charge is 0.408 e. The Labute approximate surface area is 462 Å². The maximum absolute atomic E-state index is 14.7. The number of unbranched alkanes of at least 4 members (excludes halogenated alkanes) is 2. The fourth-order valence-electron chi connectivity index (χ4n) is 10.2. The van der Waals surface area contributed by atoms with Gasteiger partial charge >= 0.3 is 12.1 Å². The third kappa shape index (κ3) is 20.3. The third-order valence-corrected chi connectivity index (χ3v) is 15.2. The van der Waals surface area contributed by atoms with Crippen molar-refractivity contribution in [1.29, 1.82) is 0 Å². The average Bonchev–Trinajstić information content (AvgIpc) is 3.91. The number of nitrogens with one attached hydrogen (secondary N) is 4. The SMILES string of the molecule is CC[C@H](C)[C@@H]([C@@H](CC(=O)N1CCC[C@H]1[C@H](C)[C@@H](C)C(=O)N[C@@H](Cc1ccccc1)C(=O)O)OC)N(C)C(=O)[C@@H](NC(=O)[C@H](C(C)C)N(C)C(=O)CCCCCNC(=O)C(CCC(N)=O)NC(=O)OCc1ccccc1)C(C)C. The number of carboxylic acids is 1. The summed E-state index contributed by atoms with van der Waals surface area (Å²) in [6.45, 7) is 15.6. The Bertz CT molecular complexity index is 2270. The molecule has 434 valence electrons. The van der Waals surface area contributed by atoms with Gasteiger partial charge < -0.3 is 56.3 Å². The van der Waals surface area contributed by atoms with Gasteiger partial charge in [0.1, 0.15) is 30.8 Å². The lowest BCUT2D eigenvalue weighted by Crippen LogP contribution is -2.60. The summed E-state index contributed by atoms with van der Waals surface area (Å²) in [5.41, 5.74) is 6.85. The van der Waals surface area contributed by atoms with Gasteiger partial charge in [0.05, 0.1) is 18.6 Å². The molecule has 0 spiro atoms. The van der Waals surface area contributed by atoms with Crippen molar-refractivity contribution in [2.24, 2.45) is 35.3 Å². The van der Waals surface area contributed by atoms with Gasteiger partial charge in [-0.15, -0.1) is 0 Å². The second-order valence-electron chi connectivity index (χ2n) is 21.6. The molecule has 78 heavy (non-hydrogen) atoms. The number of carboxylic acid groups (broad SMARTS) is 1. The van der Waals surface area contributed by atoms with Crippen LogP contribution in [0, 0.1) is 29.6 Å². The number of rotatable bonds is 33. The minimum atomic E-state index is -1.14. The lowest BCUT2D eigenvalue weighted by atomic mass is 9.86. The summed E-state index contributed by atoms with van der Waals surface area (Å²) in [7, 11) is 4.73. The van der Waals surface area contributed by atoms with E-state index in [4.69, 9.17) is 15.2 Å². The van der Waals surface area contributed by atoms with E-state index in [1.807, 2.05) is 84.9 Å². The zero-order valence-electron chi connectivity index (χ0n) is 48.0. The summed E-state index contributed by atoms with van der Waals surface area (Å²) in [6.07, 6.45) is 2.05. The number of benzene rings is 2. The third-order valence-electron chi connectivity index (χ3n) is 15.2. The lowest BCUT2D eigenvalue weighted by Gasteiger charge is -2.41. The predicted octanol–water partition coefficient (Wildman–Crippen LogP) is 5.20. The highest BCUT2D eigenvalue weighted by atomic mass is 16.5. The van der Waals surface area contributed by atoms with E-state index >= 15 is 0 Å². The number of aliphatic carboxylic acids is 1. The van der Waals surface area contributed by atoms with E-state index in [9.17, 15) is 48.3 Å². The molecule has 1 saturated heterocycles. The molecular formula is C58H90N8O12. The van der Waals surface area contributed by atoms with Crippen molar-refractivity contribution in [2.45, 2.75) is 175 Å². The van der Waals surface area contributed by atoms with Gasteiger partial charge in [-0.3, -0.25) is 33.6 Å². The number of hydrogen-bond acceptors (Lipinski definition) is 11. The summed E-state index contributed by atoms with van der Waals surface area (Å²) < 4.78 is 11.3. The zero-order chi connectivity index (χ0) is 58.2. The fourth-order valence-corrected chi connectivity index (χ4v) is 10.2. The number of nitrogens with zero attached hydrogens (tertiary/aromatic N) is 3. The molecule has 1 heterocycles. The van der Waals surface area contributed by atoms with Crippen LogP contribution < -0.4 is 27.0 Å². The van der Waals surface area contributed by atoms with Crippen LogP contribution in [-0.4, -0.2) is 150 Å². The molecule has 20 nitrogen and oxygen atoms in total. The zero-order valence-corrected chi connectivity index (χ0v) is 48.0. The van der Waals surface area contributed by atoms with Gasteiger partial charge in [-0.1, -0.05) is 129 Å². The predicted molar refractivity (Wildman–Crippen MR) is 296 cm³/mol. The molecule has 0 aromatic heterocycles. The summed E-state index contributed by atoms with van der Waals surface area (Å²) in [6, 6.07) is 13.2. The van der Waals surface area contributed by atoms with Crippen molar-refractivity contribution in [3.8, 4) is 0 Å². The van der Waals surface area contributed by atoms with Gasteiger partial charge in [-0.2, -0.15) is 0 Å². The first kappa shape index (κ1) is 65.7. The number of ether oxygens (including phenoxy) is 2. The number of nitrogens with two attached hydrogens (primary N) is 1. The number of hydrogen-bond donors (Lipinski definition) is 6. The van der Waals surface area contributed by atoms with Crippen LogP contribution in [0.15, 0.2) is 60.7 Å². The number of primary amides is 1. The van der Waals surface area contributed by atoms with Crippen LogP contribution in [0.2, 0.25) is 0 Å². The van der Waals surface area contributed by atoms with Crippen LogP contribution in [0.25, 0.3) is 0 Å². The quantitative estimate of drug-likeness (QED) is 0.0504. The van der Waals surface area contributed by atoms with Crippen molar-refractivity contribution >= 4 is 53.4 Å². The Balaban J connectivity index is 1.61. The molecule has 0 radical (unpaired) electrons. The topological polar surface area (TPSA) is 276 Å². The summed E-state index contributed by atoms with van der Waals surface area (Å²) >= 11 is 0. The van der Waals surface area contributed by atoms with Crippen molar-refractivity contribution in [3.63, 3.8) is 0 Å². The van der Waals surface area contributed by atoms with Gasteiger partial charge in [0.2, 0.25) is 41.4 Å². The minimum Gasteiger partial charge on any atom is -0.480 e. The molecule has 3 rings (SSSR count). The molecule has 1 fully saturated rings. The number of likely N-dealkylation sites (tertiary alicyclic amines) is 1. The Kier molecular flexibility index (Phi) is 27.8. The molecule has 1 aliphatic heterocycles. The molecule has 1 aliphatic rings. The van der Waals surface area contributed by atoms with E-state index < -0.39 is 77.9 Å². The lowest BCUT2D eigenvalue weighted by molar-refractivity contribution is -0.148. The highest BCUT2D eigenvalue weighted by molar-refractivity contribution is 5.93. The molecular weight excluding hydrogens is 1000 g/mol. The Morgan fingerprint density at radius 3 is 1.95 bits per heavy atom. The van der Waals surface area contributed by atoms with Crippen molar-refractivity contribution in [2.75, 3.05) is 34.3 Å². The van der Waals surface area contributed by atoms with Gasteiger partial charge in [0.25, 0.3) is 0 Å². The number of methoxy groups -OCH3 is 1. The molecule has 8 amide bonds. The molecule has 0 aliphatic carbocycles. The molecule has 2 aromatic carbocycles.